The summed E-state index contributed by atoms with van der Waals surface area (Å²) in [4.78, 5) is 16.6. The van der Waals surface area contributed by atoms with E-state index in [0.29, 0.717) is 63.7 Å². The number of rotatable bonds is 5. The van der Waals surface area contributed by atoms with Crippen molar-refractivity contribution in [1.82, 2.24) is 14.5 Å². The maximum absolute atomic E-state index is 12.9. The second kappa shape index (κ2) is 9.16. The quantitative estimate of drug-likeness (QED) is 0.608. The van der Waals surface area contributed by atoms with Crippen LogP contribution in [0.2, 0.25) is 0 Å². The number of sulfonamides is 1. The van der Waals surface area contributed by atoms with Crippen molar-refractivity contribution in [1.29, 1.82) is 0 Å². The summed E-state index contributed by atoms with van der Waals surface area (Å²) >= 11 is 0. The van der Waals surface area contributed by atoms with Gasteiger partial charge in [0.25, 0.3) is 0 Å². The molecule has 0 saturated carbocycles. The van der Waals surface area contributed by atoms with Gasteiger partial charge >= 0.3 is 0 Å². The Labute approximate surface area is 188 Å². The van der Waals surface area contributed by atoms with Crippen LogP contribution in [0.1, 0.15) is 19.8 Å². The third-order valence-corrected chi connectivity index (χ3v) is 9.37. The van der Waals surface area contributed by atoms with Crippen LogP contribution in [-0.2, 0) is 24.7 Å². The molecule has 0 radical (unpaired) electrons. The van der Waals surface area contributed by atoms with Crippen molar-refractivity contribution in [3.8, 4) is 11.5 Å². The van der Waals surface area contributed by atoms with Crippen LogP contribution in [0.3, 0.4) is 0 Å². The Bertz CT molecular complexity index is 1070. The molecule has 0 bridgehead atoms. The van der Waals surface area contributed by atoms with Crippen molar-refractivity contribution in [3.05, 3.63) is 18.2 Å². The van der Waals surface area contributed by atoms with E-state index in [9.17, 15) is 21.6 Å². The summed E-state index contributed by atoms with van der Waals surface area (Å²) in [5.74, 6) is 0.955. The summed E-state index contributed by atoms with van der Waals surface area (Å²) in [5.41, 5.74) is 0. The number of ether oxygens (including phenoxy) is 2. The van der Waals surface area contributed by atoms with Crippen LogP contribution in [0.25, 0.3) is 0 Å². The van der Waals surface area contributed by atoms with Crippen molar-refractivity contribution in [3.63, 3.8) is 0 Å². The highest BCUT2D eigenvalue weighted by Crippen LogP contribution is 2.32. The summed E-state index contributed by atoms with van der Waals surface area (Å²) < 4.78 is 62.7. The Hall–Kier alpha value is -1.89. The Morgan fingerprint density at radius 2 is 1.81 bits per heavy atom. The monoisotopic (exact) mass is 487 g/mol. The maximum atomic E-state index is 12.9. The number of hydrogen-bond acceptors (Lipinski definition) is 8. The number of fused-ring (bicyclic) bond motifs is 1. The molecule has 0 aromatic heterocycles. The lowest BCUT2D eigenvalue weighted by Gasteiger charge is -2.38. The van der Waals surface area contributed by atoms with Gasteiger partial charge in [-0.05, 0) is 25.5 Å². The number of hydrogen-bond donors (Lipinski definition) is 1. The fourth-order valence-electron chi connectivity index (χ4n) is 4.31. The highest BCUT2D eigenvalue weighted by Gasteiger charge is 2.35. The molecule has 1 aromatic rings. The topological polar surface area (TPSA) is 122 Å². The lowest BCUT2D eigenvalue weighted by molar-refractivity contribution is -0.134. The van der Waals surface area contributed by atoms with Crippen molar-refractivity contribution in [2.75, 3.05) is 50.9 Å². The molecule has 1 N–H and O–H groups in total. The zero-order valence-corrected chi connectivity index (χ0v) is 19.7. The molecule has 0 aliphatic carbocycles. The van der Waals surface area contributed by atoms with Crippen LogP contribution >= 0.6 is 0 Å². The van der Waals surface area contributed by atoms with E-state index < -0.39 is 25.9 Å². The van der Waals surface area contributed by atoms with E-state index in [2.05, 4.69) is 9.62 Å². The fraction of sp³-hybridized carbons (Fsp3) is 0.650. The summed E-state index contributed by atoms with van der Waals surface area (Å²) in [7, 11) is -6.89. The maximum Gasteiger partial charge on any atom is 0.241 e. The average Bonchev–Trinajstić information content (AvgIpc) is 2.97. The zero-order valence-electron chi connectivity index (χ0n) is 18.0. The molecular formula is C20H29N3O7S2. The van der Waals surface area contributed by atoms with E-state index in [1.807, 2.05) is 0 Å². The van der Waals surface area contributed by atoms with E-state index in [1.165, 1.54) is 19.1 Å². The number of nitrogens with one attached hydrogen (secondary N) is 1. The van der Waals surface area contributed by atoms with Gasteiger partial charge in [-0.3, -0.25) is 9.69 Å². The first-order valence-electron chi connectivity index (χ1n) is 10.8. The van der Waals surface area contributed by atoms with Gasteiger partial charge < -0.3 is 14.4 Å². The molecule has 2 fully saturated rings. The fourth-order valence-corrected chi connectivity index (χ4v) is 7.28. The highest BCUT2D eigenvalue weighted by molar-refractivity contribution is 7.91. The Morgan fingerprint density at radius 3 is 2.47 bits per heavy atom. The van der Waals surface area contributed by atoms with Crippen LogP contribution in [0.5, 0.6) is 11.5 Å². The van der Waals surface area contributed by atoms with Crippen LogP contribution in [0, 0.1) is 0 Å². The van der Waals surface area contributed by atoms with Crippen LogP contribution in [-0.4, -0.2) is 95.5 Å². The van der Waals surface area contributed by atoms with Crippen molar-refractivity contribution in [2.45, 2.75) is 36.7 Å². The van der Waals surface area contributed by atoms with E-state index in [0.717, 1.165) is 0 Å². The first-order valence-corrected chi connectivity index (χ1v) is 14.1. The third-order valence-electron chi connectivity index (χ3n) is 6.08. The SMILES string of the molecule is C[C@@H](NS(=O)(=O)c1ccc2c(c1)OCCCO2)C(=O)N1CCN([C@H]2CCS(=O)(=O)C2)CC1. The van der Waals surface area contributed by atoms with Gasteiger partial charge in [-0.15, -0.1) is 0 Å². The van der Waals surface area contributed by atoms with Crippen molar-refractivity contribution in [2.24, 2.45) is 0 Å². The first kappa shape index (κ1) is 23.3. The molecule has 3 aliphatic rings. The zero-order chi connectivity index (χ0) is 22.9. The number of benzene rings is 1. The van der Waals surface area contributed by atoms with Crippen molar-refractivity contribution < 1.29 is 31.1 Å². The lowest BCUT2D eigenvalue weighted by Crippen LogP contribution is -2.56. The molecule has 178 valence electrons. The van der Waals surface area contributed by atoms with Gasteiger partial charge in [0, 0.05) is 44.7 Å². The van der Waals surface area contributed by atoms with Crippen LogP contribution in [0.4, 0.5) is 0 Å². The minimum Gasteiger partial charge on any atom is -0.490 e. The molecule has 10 nitrogen and oxygen atoms in total. The second-order valence-corrected chi connectivity index (χ2v) is 12.4. The molecule has 3 aliphatic heterocycles. The van der Waals surface area contributed by atoms with Crippen LogP contribution < -0.4 is 14.2 Å². The Morgan fingerprint density at radius 1 is 1.12 bits per heavy atom. The Balaban J connectivity index is 1.35. The normalized spacial score (nSPS) is 24.7. The molecule has 2 saturated heterocycles. The summed E-state index contributed by atoms with van der Waals surface area (Å²) in [6.07, 6.45) is 1.34. The molecular weight excluding hydrogens is 458 g/mol. The standard InChI is InChI=1S/C20H29N3O7S2/c1-15(20(24)23-8-6-22(7-9-23)16-5-12-31(25,26)14-16)21-32(27,28)17-3-4-18-19(13-17)30-11-2-10-29-18/h3-4,13,15-16,21H,2,5-12,14H2,1H3/t15-,16+/m1/s1. The van der Waals surface area contributed by atoms with Crippen LogP contribution in [0.15, 0.2) is 23.1 Å². The molecule has 0 unspecified atom stereocenters. The molecule has 0 spiro atoms. The smallest absolute Gasteiger partial charge is 0.241 e. The van der Waals surface area contributed by atoms with Gasteiger partial charge in [0.1, 0.15) is 0 Å². The number of nitrogens with zero attached hydrogens (tertiary/aromatic N) is 2. The molecule has 12 heteroatoms. The number of sulfone groups is 1. The van der Waals surface area contributed by atoms with Gasteiger partial charge in [0.05, 0.1) is 35.7 Å². The highest BCUT2D eigenvalue weighted by atomic mass is 32.2. The minimum atomic E-state index is -3.94. The van der Waals surface area contributed by atoms with E-state index in [-0.39, 0.29) is 28.4 Å². The predicted molar refractivity (Wildman–Crippen MR) is 117 cm³/mol. The van der Waals surface area contributed by atoms with Gasteiger partial charge in [-0.1, -0.05) is 0 Å². The first-order chi connectivity index (χ1) is 15.1. The molecule has 1 amide bonds. The van der Waals surface area contributed by atoms with Gasteiger partial charge in [-0.25, -0.2) is 16.8 Å². The molecule has 3 heterocycles. The average molecular weight is 488 g/mol. The molecule has 32 heavy (non-hydrogen) atoms. The van der Waals surface area contributed by atoms with Gasteiger partial charge in [0.15, 0.2) is 21.3 Å². The largest absolute Gasteiger partial charge is 0.490 e. The molecule has 1 aromatic carbocycles. The van der Waals surface area contributed by atoms with Crippen molar-refractivity contribution >= 4 is 25.8 Å². The number of carbonyl (C=O) groups excluding carboxylic acids is 1. The number of piperazine rings is 1. The lowest BCUT2D eigenvalue weighted by atomic mass is 10.2. The predicted octanol–water partition coefficient (Wildman–Crippen LogP) is -0.154. The Kier molecular flexibility index (Phi) is 6.66. The summed E-state index contributed by atoms with van der Waals surface area (Å²) in [5, 5.41) is 0. The third kappa shape index (κ3) is 5.19. The summed E-state index contributed by atoms with van der Waals surface area (Å²) in [6, 6.07) is 3.47. The van der Waals surface area contributed by atoms with Gasteiger partial charge in [0.2, 0.25) is 15.9 Å². The van der Waals surface area contributed by atoms with Gasteiger partial charge in [-0.2, -0.15) is 4.72 Å². The molecule has 4 rings (SSSR count). The summed E-state index contributed by atoms with van der Waals surface area (Å²) in [6.45, 7) is 4.50. The molecule has 2 atom stereocenters. The van der Waals surface area contributed by atoms with E-state index in [4.69, 9.17) is 9.47 Å². The van der Waals surface area contributed by atoms with E-state index >= 15 is 0 Å². The minimum absolute atomic E-state index is 0.00702. The number of carbonyl (C=O) groups is 1. The number of amides is 1. The second-order valence-electron chi connectivity index (χ2n) is 8.42. The van der Waals surface area contributed by atoms with E-state index in [1.54, 1.807) is 11.0 Å².